The molecule has 0 radical (unpaired) electrons. The van der Waals surface area contributed by atoms with E-state index in [9.17, 15) is 0 Å². The number of imidazole rings is 1. The van der Waals surface area contributed by atoms with E-state index in [-0.39, 0.29) is 12.4 Å². The summed E-state index contributed by atoms with van der Waals surface area (Å²) in [6.07, 6.45) is 5.74. The predicted molar refractivity (Wildman–Crippen MR) is 55.2 cm³/mol. The van der Waals surface area contributed by atoms with Gasteiger partial charge >= 0.3 is 0 Å². The number of hydrogen-bond donors (Lipinski definition) is 0. The largest absolute Gasteiger partial charge is 0.306 e. The van der Waals surface area contributed by atoms with Crippen LogP contribution in [0.2, 0.25) is 0 Å². The van der Waals surface area contributed by atoms with E-state index in [4.69, 9.17) is 0 Å². The van der Waals surface area contributed by atoms with Crippen molar-refractivity contribution in [1.82, 2.24) is 9.38 Å². The molecule has 0 aliphatic rings. The maximum absolute atomic E-state index is 4.17. The van der Waals surface area contributed by atoms with Crippen LogP contribution in [0.15, 0.2) is 30.7 Å². The third-order valence-corrected chi connectivity index (χ3v) is 2.21. The molecule has 0 N–H and O–H groups in total. The van der Waals surface area contributed by atoms with Gasteiger partial charge in [-0.2, -0.15) is 0 Å². The van der Waals surface area contributed by atoms with Crippen LogP contribution in [0.25, 0.3) is 5.65 Å². The van der Waals surface area contributed by atoms with Crippen molar-refractivity contribution in [3.05, 3.63) is 34.3 Å². The van der Waals surface area contributed by atoms with Gasteiger partial charge in [-0.3, -0.25) is 0 Å². The average Bonchev–Trinajstić information content (AvgIpc) is 2.36. The fraction of sp³-hybridized carbons (Fsp3) is 0. The lowest BCUT2D eigenvalue weighted by molar-refractivity contribution is 1.18. The van der Waals surface area contributed by atoms with E-state index in [0.29, 0.717) is 0 Å². The Balaban J connectivity index is 0.000000605. The number of pyridine rings is 1. The Kier molecular flexibility index (Phi) is 2.72. The second-order valence-electron chi connectivity index (χ2n) is 2.01. The molecule has 0 aliphatic carbocycles. The summed E-state index contributed by atoms with van der Waals surface area (Å²) < 4.78 is 3.19. The van der Waals surface area contributed by atoms with Gasteiger partial charge in [-0.15, -0.1) is 12.4 Å². The van der Waals surface area contributed by atoms with Crippen molar-refractivity contribution in [2.24, 2.45) is 0 Å². The number of hydrogen-bond acceptors (Lipinski definition) is 1. The lowest BCUT2D eigenvalue weighted by Gasteiger charge is -1.92. The van der Waals surface area contributed by atoms with E-state index in [0.717, 1.165) is 5.65 Å². The lowest BCUT2D eigenvalue weighted by atomic mass is 10.5. The van der Waals surface area contributed by atoms with Crippen LogP contribution in [0.5, 0.6) is 0 Å². The van der Waals surface area contributed by atoms with Crippen LogP contribution < -0.4 is 0 Å². The summed E-state index contributed by atoms with van der Waals surface area (Å²) in [6, 6.07) is 4.05. The molecule has 2 rings (SSSR count). The molecule has 58 valence electrons. The average molecular weight is 280 g/mol. The Morgan fingerprint density at radius 1 is 1.36 bits per heavy atom. The van der Waals surface area contributed by atoms with E-state index >= 15 is 0 Å². The van der Waals surface area contributed by atoms with E-state index < -0.39 is 0 Å². The molecule has 0 bridgehead atoms. The molecule has 0 spiro atoms. The topological polar surface area (TPSA) is 17.3 Å². The van der Waals surface area contributed by atoms with Gasteiger partial charge in [0.25, 0.3) is 0 Å². The molecule has 0 unspecified atom stereocenters. The quantitative estimate of drug-likeness (QED) is 0.677. The second-order valence-corrected chi connectivity index (χ2v) is 3.18. The molecule has 2 nitrogen and oxygen atoms in total. The minimum atomic E-state index is 0. The third kappa shape index (κ3) is 1.49. The van der Waals surface area contributed by atoms with Crippen LogP contribution in [-0.4, -0.2) is 9.38 Å². The number of aromatic nitrogens is 2. The summed E-state index contributed by atoms with van der Waals surface area (Å²) in [5.74, 6) is 0. The minimum absolute atomic E-state index is 0. The highest BCUT2D eigenvalue weighted by Crippen LogP contribution is 2.09. The Morgan fingerprint density at radius 2 is 2.18 bits per heavy atom. The SMILES string of the molecule is Cl.Ic1cccn2ccnc12. The highest BCUT2D eigenvalue weighted by molar-refractivity contribution is 14.1. The van der Waals surface area contributed by atoms with Crippen molar-refractivity contribution in [2.75, 3.05) is 0 Å². The fourth-order valence-electron chi connectivity index (χ4n) is 0.913. The molecule has 0 saturated heterocycles. The molecule has 0 saturated carbocycles. The number of fused-ring (bicyclic) bond motifs is 1. The molecule has 0 fully saturated rings. The molecular weight excluding hydrogens is 274 g/mol. The number of rotatable bonds is 0. The van der Waals surface area contributed by atoms with Gasteiger partial charge in [-0.25, -0.2) is 4.98 Å². The van der Waals surface area contributed by atoms with Crippen molar-refractivity contribution < 1.29 is 0 Å². The molecule has 4 heteroatoms. The van der Waals surface area contributed by atoms with Gasteiger partial charge in [0.2, 0.25) is 0 Å². The minimum Gasteiger partial charge on any atom is -0.306 e. The maximum Gasteiger partial charge on any atom is 0.150 e. The summed E-state index contributed by atoms with van der Waals surface area (Å²) >= 11 is 2.27. The third-order valence-electron chi connectivity index (χ3n) is 1.37. The van der Waals surface area contributed by atoms with Gasteiger partial charge in [-0.05, 0) is 34.7 Å². The molecule has 0 aromatic carbocycles. The van der Waals surface area contributed by atoms with Gasteiger partial charge in [0.15, 0.2) is 0 Å². The number of halogens is 2. The lowest BCUT2D eigenvalue weighted by Crippen LogP contribution is -1.83. The summed E-state index contributed by atoms with van der Waals surface area (Å²) in [7, 11) is 0. The van der Waals surface area contributed by atoms with E-state index in [2.05, 4.69) is 27.6 Å². The van der Waals surface area contributed by atoms with Crippen molar-refractivity contribution >= 4 is 40.6 Å². The van der Waals surface area contributed by atoms with Gasteiger partial charge in [0, 0.05) is 18.6 Å². The normalized spacial score (nSPS) is 9.55. The molecule has 0 amide bonds. The van der Waals surface area contributed by atoms with Crippen molar-refractivity contribution in [2.45, 2.75) is 0 Å². The second kappa shape index (κ2) is 3.40. The number of nitrogens with zero attached hydrogens (tertiary/aromatic N) is 2. The molecule has 2 heterocycles. The smallest absolute Gasteiger partial charge is 0.150 e. The Labute approximate surface area is 84.2 Å². The maximum atomic E-state index is 4.17. The molecule has 0 aliphatic heterocycles. The van der Waals surface area contributed by atoms with Gasteiger partial charge in [-0.1, -0.05) is 0 Å². The van der Waals surface area contributed by atoms with Crippen LogP contribution in [-0.2, 0) is 0 Å². The Morgan fingerprint density at radius 3 is 2.91 bits per heavy atom. The molecule has 2 aromatic heterocycles. The van der Waals surface area contributed by atoms with Gasteiger partial charge < -0.3 is 4.40 Å². The van der Waals surface area contributed by atoms with Crippen LogP contribution >= 0.6 is 35.0 Å². The standard InChI is InChI=1S/C7H5IN2.ClH/c8-6-2-1-4-10-5-3-9-7(6)10;/h1-5H;1H. The first-order chi connectivity index (χ1) is 4.88. The van der Waals surface area contributed by atoms with Gasteiger partial charge in [0.1, 0.15) is 5.65 Å². The van der Waals surface area contributed by atoms with Crippen molar-refractivity contribution in [3.8, 4) is 0 Å². The summed E-state index contributed by atoms with van der Waals surface area (Å²) in [5.41, 5.74) is 1.03. The van der Waals surface area contributed by atoms with Crippen LogP contribution in [0.3, 0.4) is 0 Å². The predicted octanol–water partition coefficient (Wildman–Crippen LogP) is 2.36. The zero-order chi connectivity index (χ0) is 6.97. The van der Waals surface area contributed by atoms with Crippen molar-refractivity contribution in [3.63, 3.8) is 0 Å². The fourth-order valence-corrected chi connectivity index (χ4v) is 1.54. The summed E-state index contributed by atoms with van der Waals surface area (Å²) in [6.45, 7) is 0. The van der Waals surface area contributed by atoms with Crippen LogP contribution in [0, 0.1) is 3.57 Å². The van der Waals surface area contributed by atoms with Crippen LogP contribution in [0.1, 0.15) is 0 Å². The van der Waals surface area contributed by atoms with Crippen LogP contribution in [0.4, 0.5) is 0 Å². The van der Waals surface area contributed by atoms with E-state index in [1.54, 1.807) is 6.20 Å². The molecule has 11 heavy (non-hydrogen) atoms. The van der Waals surface area contributed by atoms with Gasteiger partial charge in [0.05, 0.1) is 3.57 Å². The zero-order valence-electron chi connectivity index (χ0n) is 5.57. The summed E-state index contributed by atoms with van der Waals surface area (Å²) in [4.78, 5) is 4.17. The first-order valence-electron chi connectivity index (χ1n) is 2.95. The molecule has 2 aromatic rings. The molecular formula is C7H6ClIN2. The van der Waals surface area contributed by atoms with Crippen molar-refractivity contribution in [1.29, 1.82) is 0 Å². The Bertz CT molecular complexity index is 358. The zero-order valence-corrected chi connectivity index (χ0v) is 8.54. The van der Waals surface area contributed by atoms with E-state index in [1.165, 1.54) is 3.57 Å². The Hall–Kier alpha value is -0.290. The first-order valence-corrected chi connectivity index (χ1v) is 4.03. The highest BCUT2D eigenvalue weighted by Gasteiger charge is 1.95. The highest BCUT2D eigenvalue weighted by atomic mass is 127. The molecule has 0 atom stereocenters. The summed E-state index contributed by atoms with van der Waals surface area (Å²) in [5, 5.41) is 0. The monoisotopic (exact) mass is 280 g/mol. The first kappa shape index (κ1) is 8.80. The van der Waals surface area contributed by atoms with E-state index in [1.807, 2.05) is 28.9 Å².